The summed E-state index contributed by atoms with van der Waals surface area (Å²) in [6.45, 7) is 3.95. The molecule has 2 aromatic carbocycles. The van der Waals surface area contributed by atoms with Crippen LogP contribution >= 0.6 is 0 Å². The number of H-pyrrole nitrogens is 1. The van der Waals surface area contributed by atoms with E-state index >= 15 is 0 Å². The summed E-state index contributed by atoms with van der Waals surface area (Å²) in [5.41, 5.74) is 3.18. The molecule has 0 atom stereocenters. The van der Waals surface area contributed by atoms with E-state index in [0.717, 1.165) is 26.2 Å². The summed E-state index contributed by atoms with van der Waals surface area (Å²) in [5.74, 6) is 0.638. The van der Waals surface area contributed by atoms with Gasteiger partial charge in [-0.15, -0.1) is 0 Å². The van der Waals surface area contributed by atoms with Crippen molar-refractivity contribution in [2.75, 3.05) is 38.2 Å². The third kappa shape index (κ3) is 4.55. The highest BCUT2D eigenvalue weighted by Gasteiger charge is 2.30. The van der Waals surface area contributed by atoms with E-state index in [1.165, 1.54) is 22.1 Å². The van der Waals surface area contributed by atoms with Gasteiger partial charge in [-0.1, -0.05) is 60.7 Å². The first kappa shape index (κ1) is 19.4. The van der Waals surface area contributed by atoms with Crippen LogP contribution in [0.4, 0.5) is 5.95 Å². The third-order valence-electron chi connectivity index (χ3n) is 5.45. The maximum atomic E-state index is 12.0. The number of nitrogens with zero attached hydrogens (tertiary/aromatic N) is 2. The molecule has 0 unspecified atom stereocenters. The van der Waals surface area contributed by atoms with Crippen LogP contribution in [0.15, 0.2) is 71.5 Å². The molecule has 1 aromatic heterocycles. The molecule has 1 aliphatic heterocycles. The molecule has 0 saturated carbocycles. The van der Waals surface area contributed by atoms with Crippen molar-refractivity contribution in [1.82, 2.24) is 9.97 Å². The second kappa shape index (κ2) is 9.03. The summed E-state index contributed by atoms with van der Waals surface area (Å²) in [6, 6.07) is 23.2. The highest BCUT2D eigenvalue weighted by atomic mass is 16.5. The molecule has 0 bridgehead atoms. The minimum Gasteiger partial charge on any atom is -0.378 e. The van der Waals surface area contributed by atoms with E-state index in [9.17, 15) is 4.79 Å². The summed E-state index contributed by atoms with van der Waals surface area (Å²) in [6.07, 6.45) is 0. The minimum atomic E-state index is -0.136. The van der Waals surface area contributed by atoms with Gasteiger partial charge in [0.2, 0.25) is 5.95 Å². The summed E-state index contributed by atoms with van der Waals surface area (Å²) < 4.78 is 5.13. The lowest BCUT2D eigenvalue weighted by molar-refractivity contribution is -0.926. The predicted molar refractivity (Wildman–Crippen MR) is 113 cm³/mol. The number of ether oxygens (including phenoxy) is 1. The molecule has 6 heteroatoms. The van der Waals surface area contributed by atoms with E-state index in [0.29, 0.717) is 24.3 Å². The Kier molecular flexibility index (Phi) is 6.03. The third-order valence-corrected chi connectivity index (χ3v) is 5.45. The molecule has 2 N–H and O–H groups in total. The Hall–Kier alpha value is -2.96. The first-order valence-electron chi connectivity index (χ1n) is 10.0. The van der Waals surface area contributed by atoms with Gasteiger partial charge in [-0.05, 0) is 0 Å². The van der Waals surface area contributed by atoms with Crippen LogP contribution in [-0.4, -0.2) is 43.3 Å². The Morgan fingerprint density at radius 1 is 1.03 bits per heavy atom. The van der Waals surface area contributed by atoms with Gasteiger partial charge in [0.05, 0.1) is 38.5 Å². The average Bonchev–Trinajstić information content (AvgIpc) is 2.76. The summed E-state index contributed by atoms with van der Waals surface area (Å²) in [7, 11) is 1.61. The second-order valence-electron chi connectivity index (χ2n) is 7.39. The zero-order valence-electron chi connectivity index (χ0n) is 16.7. The zero-order chi connectivity index (χ0) is 20.1. The van der Waals surface area contributed by atoms with Crippen LogP contribution < -0.4 is 15.4 Å². The topological polar surface area (TPSA) is 62.7 Å². The molecular formula is C23H27N4O2+. The number of methoxy groups -OCH3 is 1. The standard InChI is InChI=1S/C23H26N4O2/c1-29-17-20-16-21(28)25-23(24-20)27-14-12-26(13-15-27)22(18-8-4-2-5-9-18)19-10-6-3-7-11-19/h2-11,16,22H,12-15,17H2,1H3,(H,24,25,28)/p+1. The maximum absolute atomic E-state index is 12.0. The van der Waals surface area contributed by atoms with E-state index in [1.807, 2.05) is 0 Å². The summed E-state index contributed by atoms with van der Waals surface area (Å²) >= 11 is 0. The number of anilines is 1. The maximum Gasteiger partial charge on any atom is 0.252 e. The molecule has 4 rings (SSSR count). The molecule has 0 spiro atoms. The largest absolute Gasteiger partial charge is 0.378 e. The van der Waals surface area contributed by atoms with Gasteiger partial charge in [0.1, 0.15) is 6.04 Å². The average molecular weight is 391 g/mol. The highest BCUT2D eigenvalue weighted by Crippen LogP contribution is 2.19. The van der Waals surface area contributed by atoms with Crippen LogP contribution in [-0.2, 0) is 11.3 Å². The molecule has 3 aromatic rings. The molecule has 2 heterocycles. The van der Waals surface area contributed by atoms with Crippen LogP contribution in [0.25, 0.3) is 0 Å². The van der Waals surface area contributed by atoms with Crippen molar-refractivity contribution in [1.29, 1.82) is 0 Å². The van der Waals surface area contributed by atoms with Gasteiger partial charge in [0.15, 0.2) is 0 Å². The molecule has 1 fully saturated rings. The molecule has 29 heavy (non-hydrogen) atoms. The van der Waals surface area contributed by atoms with Crippen molar-refractivity contribution in [3.8, 4) is 0 Å². The quantitative estimate of drug-likeness (QED) is 0.667. The number of quaternary nitrogens is 1. The lowest BCUT2D eigenvalue weighted by Gasteiger charge is -2.37. The van der Waals surface area contributed by atoms with Gasteiger partial charge < -0.3 is 14.5 Å². The minimum absolute atomic E-state index is 0.136. The number of hydrogen-bond donors (Lipinski definition) is 2. The first-order chi connectivity index (χ1) is 14.2. The zero-order valence-corrected chi connectivity index (χ0v) is 16.7. The van der Waals surface area contributed by atoms with Crippen LogP contribution in [0.5, 0.6) is 0 Å². The number of benzene rings is 2. The van der Waals surface area contributed by atoms with E-state index in [-0.39, 0.29) is 5.56 Å². The van der Waals surface area contributed by atoms with Crippen LogP contribution in [0, 0.1) is 0 Å². The monoisotopic (exact) mass is 391 g/mol. The summed E-state index contributed by atoms with van der Waals surface area (Å²) in [4.78, 5) is 23.1. The van der Waals surface area contributed by atoms with E-state index < -0.39 is 0 Å². The van der Waals surface area contributed by atoms with Gasteiger partial charge in [-0.25, -0.2) is 4.98 Å². The molecule has 1 aliphatic rings. The van der Waals surface area contributed by atoms with Gasteiger partial charge in [-0.3, -0.25) is 9.78 Å². The van der Waals surface area contributed by atoms with Crippen LogP contribution in [0.2, 0.25) is 0 Å². The number of hydrogen-bond acceptors (Lipinski definition) is 4. The Balaban J connectivity index is 1.54. The number of rotatable bonds is 6. The van der Waals surface area contributed by atoms with E-state index in [4.69, 9.17) is 4.74 Å². The van der Waals surface area contributed by atoms with E-state index in [2.05, 4.69) is 75.5 Å². The molecule has 1 saturated heterocycles. The number of piperazine rings is 1. The highest BCUT2D eigenvalue weighted by molar-refractivity contribution is 5.32. The fourth-order valence-corrected chi connectivity index (χ4v) is 4.11. The molecule has 0 radical (unpaired) electrons. The van der Waals surface area contributed by atoms with Gasteiger partial charge in [0.25, 0.3) is 5.56 Å². The fourth-order valence-electron chi connectivity index (χ4n) is 4.11. The van der Waals surface area contributed by atoms with Crippen LogP contribution in [0.1, 0.15) is 22.9 Å². The SMILES string of the molecule is COCc1cc(=O)[nH]c(N2CC[NH+](C(c3ccccc3)c3ccccc3)CC2)n1. The Bertz CT molecular complexity index is 927. The van der Waals surface area contributed by atoms with Crippen molar-refractivity contribution in [2.45, 2.75) is 12.6 Å². The summed E-state index contributed by atoms with van der Waals surface area (Å²) in [5, 5.41) is 0. The van der Waals surface area contributed by atoms with Crippen molar-refractivity contribution < 1.29 is 9.64 Å². The van der Waals surface area contributed by atoms with Crippen molar-refractivity contribution >= 4 is 5.95 Å². The van der Waals surface area contributed by atoms with Crippen molar-refractivity contribution in [3.63, 3.8) is 0 Å². The smallest absolute Gasteiger partial charge is 0.252 e. The number of aromatic nitrogens is 2. The first-order valence-corrected chi connectivity index (χ1v) is 10.0. The fraction of sp³-hybridized carbons (Fsp3) is 0.304. The Labute approximate surface area is 170 Å². The lowest BCUT2D eigenvalue weighted by atomic mass is 9.96. The van der Waals surface area contributed by atoms with Crippen molar-refractivity contribution in [2.24, 2.45) is 0 Å². The van der Waals surface area contributed by atoms with Gasteiger partial charge in [0, 0.05) is 24.3 Å². The van der Waals surface area contributed by atoms with Gasteiger partial charge >= 0.3 is 0 Å². The predicted octanol–water partition coefficient (Wildman–Crippen LogP) is 1.41. The number of nitrogens with one attached hydrogen (secondary N) is 2. The molecule has 0 amide bonds. The van der Waals surface area contributed by atoms with Crippen molar-refractivity contribution in [3.05, 3.63) is 93.9 Å². The lowest BCUT2D eigenvalue weighted by Crippen LogP contribution is -3.15. The normalized spacial score (nSPS) is 15.0. The van der Waals surface area contributed by atoms with E-state index in [1.54, 1.807) is 7.11 Å². The molecule has 150 valence electrons. The number of aromatic amines is 1. The molecular weight excluding hydrogens is 364 g/mol. The molecule has 6 nitrogen and oxygen atoms in total. The van der Waals surface area contributed by atoms with Gasteiger partial charge in [-0.2, -0.15) is 0 Å². The Morgan fingerprint density at radius 3 is 2.17 bits per heavy atom. The molecule has 0 aliphatic carbocycles. The second-order valence-corrected chi connectivity index (χ2v) is 7.39. The van der Waals surface area contributed by atoms with Crippen LogP contribution in [0.3, 0.4) is 0 Å². The Morgan fingerprint density at radius 2 is 1.62 bits per heavy atom.